The van der Waals surface area contributed by atoms with Crippen LogP contribution in [0.15, 0.2) is 18.2 Å². The zero-order valence-electron chi connectivity index (χ0n) is 11.3. The van der Waals surface area contributed by atoms with E-state index in [1.807, 2.05) is 0 Å². The summed E-state index contributed by atoms with van der Waals surface area (Å²) in [6, 6.07) is 4.67. The number of piperidine rings is 1. The SMILES string of the molecule is COC1CCN(c2ccc([N+](=O)[O-])cc2Cl)C(CN)C1. The van der Waals surface area contributed by atoms with Crippen LogP contribution in [0.25, 0.3) is 0 Å². The second kappa shape index (κ2) is 6.39. The van der Waals surface area contributed by atoms with E-state index in [2.05, 4.69) is 4.90 Å². The number of rotatable bonds is 4. The molecule has 20 heavy (non-hydrogen) atoms. The van der Waals surface area contributed by atoms with Crippen LogP contribution in [0.2, 0.25) is 5.02 Å². The van der Waals surface area contributed by atoms with Crippen molar-refractivity contribution in [3.63, 3.8) is 0 Å². The van der Waals surface area contributed by atoms with Gasteiger partial charge in [-0.15, -0.1) is 0 Å². The Morgan fingerprint density at radius 3 is 2.90 bits per heavy atom. The lowest BCUT2D eigenvalue weighted by Gasteiger charge is -2.40. The van der Waals surface area contributed by atoms with Crippen LogP contribution in [0.5, 0.6) is 0 Å². The lowest BCUT2D eigenvalue weighted by atomic mass is 9.98. The van der Waals surface area contributed by atoms with Gasteiger partial charge in [0, 0.05) is 38.4 Å². The highest BCUT2D eigenvalue weighted by molar-refractivity contribution is 6.33. The molecule has 0 aliphatic carbocycles. The number of hydrogen-bond acceptors (Lipinski definition) is 5. The maximum atomic E-state index is 10.7. The number of halogens is 1. The van der Waals surface area contributed by atoms with E-state index >= 15 is 0 Å². The van der Waals surface area contributed by atoms with Crippen molar-refractivity contribution in [2.75, 3.05) is 25.1 Å². The van der Waals surface area contributed by atoms with Gasteiger partial charge in [0.2, 0.25) is 0 Å². The van der Waals surface area contributed by atoms with Crippen molar-refractivity contribution in [1.29, 1.82) is 0 Å². The molecule has 1 fully saturated rings. The van der Waals surface area contributed by atoms with E-state index in [-0.39, 0.29) is 17.8 Å². The highest BCUT2D eigenvalue weighted by atomic mass is 35.5. The van der Waals surface area contributed by atoms with E-state index in [1.165, 1.54) is 12.1 Å². The summed E-state index contributed by atoms with van der Waals surface area (Å²) in [5.41, 5.74) is 6.62. The topological polar surface area (TPSA) is 81.6 Å². The second-order valence-electron chi connectivity index (χ2n) is 4.86. The van der Waals surface area contributed by atoms with Crippen LogP contribution in [-0.2, 0) is 4.74 Å². The summed E-state index contributed by atoms with van der Waals surface area (Å²) in [5, 5.41) is 11.1. The molecule has 1 heterocycles. The van der Waals surface area contributed by atoms with Crippen LogP contribution in [0.1, 0.15) is 12.8 Å². The molecule has 1 saturated heterocycles. The molecule has 110 valence electrons. The molecule has 1 aromatic rings. The van der Waals surface area contributed by atoms with E-state index in [0.717, 1.165) is 25.1 Å². The molecule has 7 heteroatoms. The van der Waals surface area contributed by atoms with Crippen molar-refractivity contribution in [3.05, 3.63) is 33.3 Å². The zero-order chi connectivity index (χ0) is 14.7. The van der Waals surface area contributed by atoms with Crippen molar-refractivity contribution < 1.29 is 9.66 Å². The van der Waals surface area contributed by atoms with Gasteiger partial charge in [-0.05, 0) is 18.9 Å². The molecule has 2 atom stereocenters. The van der Waals surface area contributed by atoms with E-state index in [4.69, 9.17) is 22.1 Å². The molecule has 6 nitrogen and oxygen atoms in total. The molecule has 2 unspecified atom stereocenters. The fourth-order valence-corrected chi connectivity index (χ4v) is 2.89. The molecular weight excluding hydrogens is 282 g/mol. The second-order valence-corrected chi connectivity index (χ2v) is 5.27. The first-order chi connectivity index (χ1) is 9.56. The molecule has 0 aromatic heterocycles. The number of methoxy groups -OCH3 is 1. The quantitative estimate of drug-likeness (QED) is 0.681. The van der Waals surface area contributed by atoms with Crippen molar-refractivity contribution in [1.82, 2.24) is 0 Å². The third kappa shape index (κ3) is 3.03. The maximum absolute atomic E-state index is 10.7. The van der Waals surface area contributed by atoms with Gasteiger partial charge in [0.15, 0.2) is 0 Å². The summed E-state index contributed by atoms with van der Waals surface area (Å²) in [7, 11) is 1.70. The summed E-state index contributed by atoms with van der Waals surface area (Å²) in [4.78, 5) is 12.4. The highest BCUT2D eigenvalue weighted by Gasteiger charge is 2.29. The molecule has 1 aromatic carbocycles. The van der Waals surface area contributed by atoms with Crippen LogP contribution < -0.4 is 10.6 Å². The van der Waals surface area contributed by atoms with Gasteiger partial charge < -0.3 is 15.4 Å². The van der Waals surface area contributed by atoms with Crippen LogP contribution in [0, 0.1) is 10.1 Å². The summed E-state index contributed by atoms with van der Waals surface area (Å²) in [6.07, 6.45) is 1.93. The van der Waals surface area contributed by atoms with Gasteiger partial charge in [-0.2, -0.15) is 0 Å². The molecule has 1 aliphatic heterocycles. The average Bonchev–Trinajstić information content (AvgIpc) is 2.46. The number of ether oxygens (including phenoxy) is 1. The minimum absolute atomic E-state index is 0.00479. The average molecular weight is 300 g/mol. The molecule has 0 bridgehead atoms. The largest absolute Gasteiger partial charge is 0.381 e. The standard InChI is InChI=1S/C13H18ClN3O3/c1-20-11-4-5-16(10(6-11)8-15)13-3-2-9(17(18)19)7-12(13)14/h2-3,7,10-11H,4-6,8,15H2,1H3. The number of anilines is 1. The Morgan fingerprint density at radius 2 is 2.35 bits per heavy atom. The van der Waals surface area contributed by atoms with Crippen LogP contribution in [0.4, 0.5) is 11.4 Å². The van der Waals surface area contributed by atoms with Gasteiger partial charge in [-0.1, -0.05) is 11.6 Å². The minimum Gasteiger partial charge on any atom is -0.381 e. The first-order valence-corrected chi connectivity index (χ1v) is 6.88. The maximum Gasteiger partial charge on any atom is 0.271 e. The normalized spacial score (nSPS) is 22.9. The molecule has 0 amide bonds. The van der Waals surface area contributed by atoms with Crippen molar-refractivity contribution >= 4 is 23.0 Å². The number of nitro benzene ring substituents is 1. The monoisotopic (exact) mass is 299 g/mol. The Kier molecular flexibility index (Phi) is 4.80. The Hall–Kier alpha value is -1.37. The molecular formula is C13H18ClN3O3. The summed E-state index contributed by atoms with van der Waals surface area (Å²) >= 11 is 6.18. The zero-order valence-corrected chi connectivity index (χ0v) is 12.0. The number of non-ortho nitro benzene ring substituents is 1. The number of nitrogens with zero attached hydrogens (tertiary/aromatic N) is 2. The van der Waals surface area contributed by atoms with Gasteiger partial charge in [-0.25, -0.2) is 0 Å². The first kappa shape index (κ1) is 15.0. The van der Waals surface area contributed by atoms with Crippen molar-refractivity contribution in [3.8, 4) is 0 Å². The van der Waals surface area contributed by atoms with Crippen molar-refractivity contribution in [2.24, 2.45) is 5.73 Å². The van der Waals surface area contributed by atoms with Gasteiger partial charge in [0.25, 0.3) is 5.69 Å². The smallest absolute Gasteiger partial charge is 0.271 e. The minimum atomic E-state index is -0.451. The van der Waals surface area contributed by atoms with Crippen LogP contribution >= 0.6 is 11.6 Å². The molecule has 0 spiro atoms. The van der Waals surface area contributed by atoms with Gasteiger partial charge in [0.05, 0.1) is 21.7 Å². The van der Waals surface area contributed by atoms with Gasteiger partial charge in [0.1, 0.15) is 0 Å². The molecule has 0 saturated carbocycles. The summed E-state index contributed by atoms with van der Waals surface area (Å²) < 4.78 is 5.38. The fourth-order valence-electron chi connectivity index (χ4n) is 2.61. The van der Waals surface area contributed by atoms with E-state index in [1.54, 1.807) is 13.2 Å². The lowest BCUT2D eigenvalue weighted by molar-refractivity contribution is -0.384. The van der Waals surface area contributed by atoms with Crippen LogP contribution in [0.3, 0.4) is 0 Å². The van der Waals surface area contributed by atoms with Crippen molar-refractivity contribution in [2.45, 2.75) is 25.0 Å². The summed E-state index contributed by atoms with van der Waals surface area (Å²) in [6.45, 7) is 1.27. The Bertz CT molecular complexity index is 498. The molecule has 0 radical (unpaired) electrons. The predicted molar refractivity (Wildman–Crippen MR) is 78.3 cm³/mol. The third-order valence-corrected chi connectivity index (χ3v) is 4.03. The predicted octanol–water partition coefficient (Wildman–Crippen LogP) is 2.19. The highest BCUT2D eigenvalue weighted by Crippen LogP contribution is 2.34. The number of benzene rings is 1. The van der Waals surface area contributed by atoms with E-state index in [0.29, 0.717) is 11.6 Å². The Balaban J connectivity index is 2.24. The Labute approximate surface area is 122 Å². The Morgan fingerprint density at radius 1 is 1.60 bits per heavy atom. The summed E-state index contributed by atoms with van der Waals surface area (Å²) in [5.74, 6) is 0. The fraction of sp³-hybridized carbons (Fsp3) is 0.538. The molecule has 2 N–H and O–H groups in total. The molecule has 1 aliphatic rings. The lowest BCUT2D eigenvalue weighted by Crippen LogP contribution is -2.48. The number of nitrogens with two attached hydrogens (primary N) is 1. The molecule has 2 rings (SSSR count). The number of hydrogen-bond donors (Lipinski definition) is 1. The first-order valence-electron chi connectivity index (χ1n) is 6.50. The van der Waals surface area contributed by atoms with E-state index in [9.17, 15) is 10.1 Å². The van der Waals surface area contributed by atoms with Gasteiger partial charge in [-0.3, -0.25) is 10.1 Å². The van der Waals surface area contributed by atoms with Crippen LogP contribution in [-0.4, -0.2) is 37.3 Å². The van der Waals surface area contributed by atoms with E-state index < -0.39 is 4.92 Å². The van der Waals surface area contributed by atoms with Gasteiger partial charge >= 0.3 is 0 Å². The number of nitro groups is 1. The third-order valence-electron chi connectivity index (χ3n) is 3.72.